The molecule has 1 aromatic carbocycles. The molecule has 0 N–H and O–H groups in total. The van der Waals surface area contributed by atoms with Crippen molar-refractivity contribution in [1.29, 1.82) is 0 Å². The van der Waals surface area contributed by atoms with Gasteiger partial charge >= 0.3 is 5.97 Å². The number of esters is 1. The van der Waals surface area contributed by atoms with Crippen LogP contribution in [0.25, 0.3) is 11.0 Å². The largest absolute Gasteiger partial charge is 0.469 e. The minimum atomic E-state index is -0.484. The first-order valence-corrected chi connectivity index (χ1v) is 11.0. The number of benzene rings is 1. The Kier molecular flexibility index (Phi) is 5.88. The second-order valence-corrected chi connectivity index (χ2v) is 8.79. The summed E-state index contributed by atoms with van der Waals surface area (Å²) in [5.74, 6) is -0.686. The Hall–Kier alpha value is -2.67. The monoisotopic (exact) mass is 426 g/mol. The maximum absolute atomic E-state index is 13.0. The van der Waals surface area contributed by atoms with Crippen LogP contribution in [0.2, 0.25) is 0 Å². The summed E-state index contributed by atoms with van der Waals surface area (Å²) in [6.45, 7) is 6.55. The fourth-order valence-electron chi connectivity index (χ4n) is 5.28. The predicted molar refractivity (Wildman–Crippen MR) is 117 cm³/mol. The third-order valence-electron chi connectivity index (χ3n) is 6.91. The smallest absolute Gasteiger partial charge is 0.311 e. The molecule has 3 heterocycles. The highest BCUT2D eigenvalue weighted by atomic mass is 16.5. The molecule has 31 heavy (non-hydrogen) atoms. The first-order chi connectivity index (χ1) is 14.9. The number of methoxy groups -OCH3 is 1. The first kappa shape index (κ1) is 21.6. The number of likely N-dealkylation sites (tertiary alicyclic amines) is 2. The number of hydrogen-bond acceptors (Lipinski definition) is 6. The summed E-state index contributed by atoms with van der Waals surface area (Å²) in [4.78, 5) is 42.3. The minimum Gasteiger partial charge on any atom is -0.469 e. The maximum Gasteiger partial charge on any atom is 0.311 e. The van der Waals surface area contributed by atoms with E-state index in [2.05, 4.69) is 4.90 Å². The van der Waals surface area contributed by atoms with E-state index < -0.39 is 11.5 Å². The molecule has 0 radical (unpaired) electrons. The van der Waals surface area contributed by atoms with E-state index in [9.17, 15) is 14.4 Å². The number of carbonyl (C=O) groups excluding carboxylic acids is 2. The fourth-order valence-corrected chi connectivity index (χ4v) is 5.28. The second kappa shape index (κ2) is 8.46. The van der Waals surface area contributed by atoms with Crippen LogP contribution in [0.15, 0.2) is 33.7 Å². The van der Waals surface area contributed by atoms with Crippen molar-refractivity contribution >= 4 is 22.8 Å². The number of fused-ring (bicyclic) bond motifs is 1. The summed E-state index contributed by atoms with van der Waals surface area (Å²) in [5.41, 5.74) is 1.76. The number of hydrogen-bond donors (Lipinski definition) is 0. The molecule has 2 saturated heterocycles. The molecule has 1 amide bonds. The van der Waals surface area contributed by atoms with Crippen LogP contribution in [-0.2, 0) is 20.9 Å². The summed E-state index contributed by atoms with van der Waals surface area (Å²) in [7, 11) is 1.39. The summed E-state index contributed by atoms with van der Waals surface area (Å²) in [5, 5.41) is 0.604. The van der Waals surface area contributed by atoms with E-state index in [1.54, 1.807) is 6.26 Å². The molecular weight excluding hydrogens is 396 g/mol. The molecule has 1 unspecified atom stereocenters. The van der Waals surface area contributed by atoms with Crippen molar-refractivity contribution in [1.82, 2.24) is 9.80 Å². The van der Waals surface area contributed by atoms with Gasteiger partial charge in [-0.3, -0.25) is 19.3 Å². The number of rotatable bonds is 5. The van der Waals surface area contributed by atoms with Crippen LogP contribution in [-0.4, -0.2) is 54.0 Å². The van der Waals surface area contributed by atoms with Gasteiger partial charge in [-0.05, 0) is 38.3 Å². The van der Waals surface area contributed by atoms with Crippen molar-refractivity contribution in [3.8, 4) is 0 Å². The van der Waals surface area contributed by atoms with Crippen molar-refractivity contribution in [3.05, 3.63) is 45.8 Å². The molecule has 2 aliphatic heterocycles. The highest BCUT2D eigenvalue weighted by Gasteiger charge is 2.56. The highest BCUT2D eigenvalue weighted by Crippen LogP contribution is 2.44. The summed E-state index contributed by atoms with van der Waals surface area (Å²) >= 11 is 0. The molecule has 2 aromatic rings. The minimum absolute atomic E-state index is 0.00123. The molecule has 0 saturated carbocycles. The molecule has 7 nitrogen and oxygen atoms in total. The van der Waals surface area contributed by atoms with Crippen molar-refractivity contribution in [2.75, 3.05) is 26.7 Å². The summed E-state index contributed by atoms with van der Waals surface area (Å²) in [6, 6.07) is 5.62. The van der Waals surface area contributed by atoms with Crippen LogP contribution >= 0.6 is 0 Å². The van der Waals surface area contributed by atoms with E-state index in [-0.39, 0.29) is 23.7 Å². The fraction of sp³-hybridized carbons (Fsp3) is 0.542. The standard InChI is InChI=1S/C24H30N2O5/c1-4-9-26-21(27)13-19(23(29)30-3)24(26)7-10-25(11-8-24)14-17-15-31-20-6-5-16(2)12-18(20)22(17)28/h5-6,12,15,19H,4,7-11,13-14H2,1-3H3. The second-order valence-electron chi connectivity index (χ2n) is 8.79. The number of carbonyl (C=O) groups is 2. The van der Waals surface area contributed by atoms with Crippen LogP contribution in [0.4, 0.5) is 0 Å². The van der Waals surface area contributed by atoms with E-state index >= 15 is 0 Å². The Morgan fingerprint density at radius 3 is 2.68 bits per heavy atom. The van der Waals surface area contributed by atoms with Crippen LogP contribution < -0.4 is 5.43 Å². The Balaban J connectivity index is 1.54. The van der Waals surface area contributed by atoms with Gasteiger partial charge in [0.15, 0.2) is 5.43 Å². The molecule has 1 aromatic heterocycles. The van der Waals surface area contributed by atoms with Gasteiger partial charge in [-0.15, -0.1) is 0 Å². The van der Waals surface area contributed by atoms with Crippen molar-refractivity contribution in [2.24, 2.45) is 5.92 Å². The zero-order valence-electron chi connectivity index (χ0n) is 18.5. The molecule has 166 valence electrons. The van der Waals surface area contributed by atoms with Gasteiger partial charge < -0.3 is 14.1 Å². The molecule has 1 atom stereocenters. The van der Waals surface area contributed by atoms with E-state index in [0.717, 1.165) is 12.0 Å². The van der Waals surface area contributed by atoms with Crippen LogP contribution in [0.3, 0.4) is 0 Å². The quantitative estimate of drug-likeness (QED) is 0.684. The number of piperidine rings is 1. The lowest BCUT2D eigenvalue weighted by Crippen LogP contribution is -2.57. The zero-order valence-corrected chi connectivity index (χ0v) is 18.5. The van der Waals surface area contributed by atoms with Crippen LogP contribution in [0, 0.1) is 12.8 Å². The lowest BCUT2D eigenvalue weighted by molar-refractivity contribution is -0.150. The Labute approximate surface area is 181 Å². The van der Waals surface area contributed by atoms with Crippen LogP contribution in [0.5, 0.6) is 0 Å². The van der Waals surface area contributed by atoms with Gasteiger partial charge in [0.2, 0.25) is 5.91 Å². The van der Waals surface area contributed by atoms with Gasteiger partial charge in [0, 0.05) is 38.2 Å². The average Bonchev–Trinajstić information content (AvgIpc) is 3.03. The first-order valence-electron chi connectivity index (χ1n) is 11.0. The lowest BCUT2D eigenvalue weighted by atomic mass is 9.76. The molecule has 0 bridgehead atoms. The number of amides is 1. The number of ether oxygens (including phenoxy) is 1. The number of nitrogens with zero attached hydrogens (tertiary/aromatic N) is 2. The molecular formula is C24H30N2O5. The molecule has 7 heteroatoms. The molecule has 1 spiro atoms. The summed E-state index contributed by atoms with van der Waals surface area (Å²) < 4.78 is 10.7. The van der Waals surface area contributed by atoms with Gasteiger partial charge in [0.25, 0.3) is 0 Å². The topological polar surface area (TPSA) is 80.1 Å². The molecule has 4 rings (SSSR count). The van der Waals surface area contributed by atoms with Crippen molar-refractivity contribution < 1.29 is 18.7 Å². The Bertz CT molecular complexity index is 1050. The van der Waals surface area contributed by atoms with Crippen molar-refractivity contribution in [3.63, 3.8) is 0 Å². The highest BCUT2D eigenvalue weighted by molar-refractivity contribution is 5.89. The van der Waals surface area contributed by atoms with Gasteiger partial charge in [0.1, 0.15) is 5.58 Å². The van der Waals surface area contributed by atoms with Gasteiger partial charge in [-0.1, -0.05) is 18.6 Å². The lowest BCUT2D eigenvalue weighted by Gasteiger charge is -2.47. The maximum atomic E-state index is 13.0. The van der Waals surface area contributed by atoms with E-state index in [4.69, 9.17) is 9.15 Å². The van der Waals surface area contributed by atoms with E-state index in [1.807, 2.05) is 36.9 Å². The van der Waals surface area contributed by atoms with Crippen molar-refractivity contribution in [2.45, 2.75) is 51.6 Å². The Morgan fingerprint density at radius 1 is 1.26 bits per heavy atom. The predicted octanol–water partition coefficient (Wildman–Crippen LogP) is 2.87. The third kappa shape index (κ3) is 3.76. The third-order valence-corrected chi connectivity index (χ3v) is 6.91. The Morgan fingerprint density at radius 2 is 2.00 bits per heavy atom. The average molecular weight is 427 g/mol. The molecule has 0 aliphatic carbocycles. The van der Waals surface area contributed by atoms with Gasteiger partial charge in [-0.2, -0.15) is 0 Å². The summed E-state index contributed by atoms with van der Waals surface area (Å²) in [6.07, 6.45) is 4.01. The van der Waals surface area contributed by atoms with Crippen LogP contribution in [0.1, 0.15) is 43.7 Å². The zero-order chi connectivity index (χ0) is 22.2. The normalized spacial score (nSPS) is 21.2. The van der Waals surface area contributed by atoms with Gasteiger partial charge in [-0.25, -0.2) is 0 Å². The molecule has 2 aliphatic rings. The SMILES string of the molecule is CCCN1C(=O)CC(C(=O)OC)C12CCN(Cc1coc3ccc(C)cc3c1=O)CC2. The van der Waals surface area contributed by atoms with E-state index in [0.29, 0.717) is 55.6 Å². The molecule has 2 fully saturated rings. The number of aryl methyl sites for hydroxylation is 1. The van der Waals surface area contributed by atoms with E-state index in [1.165, 1.54) is 7.11 Å². The van der Waals surface area contributed by atoms with Gasteiger partial charge in [0.05, 0.1) is 30.2 Å².